The van der Waals surface area contributed by atoms with Gasteiger partial charge < -0.3 is 20.1 Å². The first-order chi connectivity index (χ1) is 13.6. The van der Waals surface area contributed by atoms with E-state index in [4.69, 9.17) is 9.47 Å². The molecule has 0 unspecified atom stereocenters. The van der Waals surface area contributed by atoms with Crippen LogP contribution in [-0.4, -0.2) is 91.0 Å². The van der Waals surface area contributed by atoms with Crippen molar-refractivity contribution in [3.05, 3.63) is 18.2 Å². The first-order valence-electron chi connectivity index (χ1n) is 8.96. The Labute approximate surface area is 172 Å². The fraction of sp³-hybridized carbons (Fsp3) is 0.556. The van der Waals surface area contributed by atoms with Gasteiger partial charge in [0.25, 0.3) is 0 Å². The number of amides is 2. The number of anilines is 1. The zero-order chi connectivity index (χ0) is 22.0. The van der Waals surface area contributed by atoms with Crippen molar-refractivity contribution in [2.45, 2.75) is 11.3 Å². The standard InChI is InChI=1S/C18H30N4O6S/c1-21(2)29(25,26)16-11-14(7-8-15(16)28-5)20-18(24)13-22(3)12-17(23)19-9-6-10-27-4/h7-8,11H,6,9-10,12-13H2,1-5H3,(H,19,23)(H,20,24). The van der Waals surface area contributed by atoms with Crippen molar-refractivity contribution in [2.24, 2.45) is 0 Å². The van der Waals surface area contributed by atoms with Crippen molar-refractivity contribution in [2.75, 3.05) is 66.9 Å². The molecule has 1 aromatic rings. The van der Waals surface area contributed by atoms with Gasteiger partial charge in [-0.25, -0.2) is 12.7 Å². The highest BCUT2D eigenvalue weighted by Crippen LogP contribution is 2.28. The molecule has 1 rings (SSSR count). The van der Waals surface area contributed by atoms with Gasteiger partial charge in [-0.1, -0.05) is 0 Å². The number of sulfonamides is 1. The van der Waals surface area contributed by atoms with Crippen molar-refractivity contribution >= 4 is 27.5 Å². The van der Waals surface area contributed by atoms with E-state index in [1.54, 1.807) is 25.1 Å². The maximum Gasteiger partial charge on any atom is 0.246 e. The van der Waals surface area contributed by atoms with Gasteiger partial charge in [0, 0.05) is 40.0 Å². The molecule has 10 nitrogen and oxygen atoms in total. The first kappa shape index (κ1) is 24.8. The number of ether oxygens (including phenoxy) is 2. The van der Waals surface area contributed by atoms with E-state index in [2.05, 4.69) is 10.6 Å². The van der Waals surface area contributed by atoms with Crippen molar-refractivity contribution in [1.82, 2.24) is 14.5 Å². The SMILES string of the molecule is COCCCNC(=O)CN(C)CC(=O)Nc1ccc(OC)c(S(=O)(=O)N(C)C)c1. The van der Waals surface area contributed by atoms with Gasteiger partial charge in [-0.3, -0.25) is 14.5 Å². The van der Waals surface area contributed by atoms with Crippen molar-refractivity contribution in [3.63, 3.8) is 0 Å². The third kappa shape index (κ3) is 7.97. The Balaban J connectivity index is 2.69. The summed E-state index contributed by atoms with van der Waals surface area (Å²) in [4.78, 5) is 25.6. The quantitative estimate of drug-likeness (QED) is 0.447. The van der Waals surface area contributed by atoms with E-state index < -0.39 is 10.0 Å². The maximum atomic E-state index is 12.4. The highest BCUT2D eigenvalue weighted by molar-refractivity contribution is 7.89. The number of nitrogens with one attached hydrogen (secondary N) is 2. The number of benzene rings is 1. The Kier molecular flexibility index (Phi) is 10.0. The summed E-state index contributed by atoms with van der Waals surface area (Å²) in [5.41, 5.74) is 0.314. The van der Waals surface area contributed by atoms with Crippen LogP contribution in [0.25, 0.3) is 0 Å². The molecular formula is C18H30N4O6S. The predicted molar refractivity (Wildman–Crippen MR) is 109 cm³/mol. The fourth-order valence-electron chi connectivity index (χ4n) is 2.40. The lowest BCUT2D eigenvalue weighted by atomic mass is 10.3. The summed E-state index contributed by atoms with van der Waals surface area (Å²) < 4.78 is 36.0. The number of nitrogens with zero attached hydrogens (tertiary/aromatic N) is 2. The third-order valence-electron chi connectivity index (χ3n) is 3.88. The van der Waals surface area contributed by atoms with Gasteiger partial charge in [0.15, 0.2) is 0 Å². The predicted octanol–water partition coefficient (Wildman–Crippen LogP) is -0.0315. The average Bonchev–Trinajstić information content (AvgIpc) is 2.64. The molecular weight excluding hydrogens is 400 g/mol. The summed E-state index contributed by atoms with van der Waals surface area (Å²) in [6, 6.07) is 4.37. The summed E-state index contributed by atoms with van der Waals surface area (Å²) in [5, 5.41) is 5.38. The molecule has 0 bridgehead atoms. The zero-order valence-electron chi connectivity index (χ0n) is 17.5. The summed E-state index contributed by atoms with van der Waals surface area (Å²) in [5.74, 6) is -0.391. The van der Waals surface area contributed by atoms with Crippen molar-refractivity contribution in [3.8, 4) is 5.75 Å². The third-order valence-corrected chi connectivity index (χ3v) is 5.72. The van der Waals surface area contributed by atoms with E-state index in [1.807, 2.05) is 0 Å². The molecule has 0 aliphatic heterocycles. The molecule has 1 aromatic carbocycles. The average molecular weight is 431 g/mol. The fourth-order valence-corrected chi connectivity index (χ4v) is 3.47. The van der Waals surface area contributed by atoms with Gasteiger partial charge in [-0.15, -0.1) is 0 Å². The van der Waals surface area contributed by atoms with Gasteiger partial charge in [0.1, 0.15) is 10.6 Å². The maximum absolute atomic E-state index is 12.4. The lowest BCUT2D eigenvalue weighted by Crippen LogP contribution is -2.39. The zero-order valence-corrected chi connectivity index (χ0v) is 18.3. The molecule has 0 atom stereocenters. The minimum absolute atomic E-state index is 0.0344. The summed E-state index contributed by atoms with van der Waals surface area (Å²) >= 11 is 0. The molecule has 0 saturated heterocycles. The monoisotopic (exact) mass is 430 g/mol. The Bertz CT molecular complexity index is 798. The van der Waals surface area contributed by atoms with Crippen LogP contribution in [0.15, 0.2) is 23.1 Å². The van der Waals surface area contributed by atoms with E-state index >= 15 is 0 Å². The van der Waals surface area contributed by atoms with E-state index in [0.717, 1.165) is 4.31 Å². The van der Waals surface area contributed by atoms with E-state index in [9.17, 15) is 18.0 Å². The lowest BCUT2D eigenvalue weighted by molar-refractivity contribution is -0.123. The molecule has 2 amide bonds. The van der Waals surface area contributed by atoms with Gasteiger partial charge in [-0.05, 0) is 31.7 Å². The Morgan fingerprint density at radius 2 is 1.72 bits per heavy atom. The molecule has 29 heavy (non-hydrogen) atoms. The Hall–Kier alpha value is -2.21. The topological polar surface area (TPSA) is 117 Å². The molecule has 0 fully saturated rings. The molecule has 0 saturated carbocycles. The van der Waals surface area contributed by atoms with E-state index in [0.29, 0.717) is 25.3 Å². The van der Waals surface area contributed by atoms with Crippen molar-refractivity contribution in [1.29, 1.82) is 0 Å². The van der Waals surface area contributed by atoms with Crippen LogP contribution >= 0.6 is 0 Å². The second-order valence-corrected chi connectivity index (χ2v) is 8.69. The smallest absolute Gasteiger partial charge is 0.246 e. The molecule has 2 N–H and O–H groups in total. The van der Waals surface area contributed by atoms with E-state index in [-0.39, 0.29) is 35.5 Å². The number of rotatable bonds is 12. The van der Waals surface area contributed by atoms with Gasteiger partial charge in [0.2, 0.25) is 21.8 Å². The minimum atomic E-state index is -3.75. The summed E-state index contributed by atoms with van der Waals surface area (Å²) in [6.45, 7) is 1.09. The van der Waals surface area contributed by atoms with E-state index in [1.165, 1.54) is 33.3 Å². The van der Waals surface area contributed by atoms with Crippen LogP contribution in [0.3, 0.4) is 0 Å². The van der Waals surface area contributed by atoms with Crippen LogP contribution in [0, 0.1) is 0 Å². The van der Waals surface area contributed by atoms with Gasteiger partial charge in [-0.2, -0.15) is 0 Å². The highest BCUT2D eigenvalue weighted by atomic mass is 32.2. The molecule has 0 spiro atoms. The number of carbonyl (C=O) groups is 2. The minimum Gasteiger partial charge on any atom is -0.495 e. The van der Waals surface area contributed by atoms with Crippen molar-refractivity contribution < 1.29 is 27.5 Å². The molecule has 11 heteroatoms. The summed E-state index contributed by atoms with van der Waals surface area (Å²) in [7, 11) is 3.69. The molecule has 0 heterocycles. The molecule has 0 aliphatic rings. The Morgan fingerprint density at radius 1 is 1.07 bits per heavy atom. The van der Waals surface area contributed by atoms with Crippen LogP contribution in [-0.2, 0) is 24.3 Å². The second-order valence-electron chi connectivity index (χ2n) is 6.57. The highest BCUT2D eigenvalue weighted by Gasteiger charge is 2.23. The number of carbonyl (C=O) groups excluding carboxylic acids is 2. The second kappa shape index (κ2) is 11.7. The van der Waals surface area contributed by atoms with Crippen LogP contribution in [0.4, 0.5) is 5.69 Å². The molecule has 0 aromatic heterocycles. The van der Waals surface area contributed by atoms with Crippen LogP contribution in [0.5, 0.6) is 5.75 Å². The summed E-state index contributed by atoms with van der Waals surface area (Å²) in [6.07, 6.45) is 0.710. The number of likely N-dealkylation sites (N-methyl/N-ethyl adjacent to an activating group) is 1. The number of hydrogen-bond acceptors (Lipinski definition) is 7. The lowest BCUT2D eigenvalue weighted by Gasteiger charge is -2.18. The van der Waals surface area contributed by atoms with Crippen LogP contribution in [0.2, 0.25) is 0 Å². The number of methoxy groups -OCH3 is 2. The Morgan fingerprint density at radius 3 is 2.31 bits per heavy atom. The normalized spacial score (nSPS) is 11.6. The van der Waals surface area contributed by atoms with Crippen LogP contribution < -0.4 is 15.4 Å². The largest absolute Gasteiger partial charge is 0.495 e. The first-order valence-corrected chi connectivity index (χ1v) is 10.4. The molecule has 0 radical (unpaired) electrons. The van der Waals surface area contributed by atoms with Crippen LogP contribution in [0.1, 0.15) is 6.42 Å². The van der Waals surface area contributed by atoms with Gasteiger partial charge >= 0.3 is 0 Å². The van der Waals surface area contributed by atoms with Gasteiger partial charge in [0.05, 0.1) is 20.2 Å². The molecule has 0 aliphatic carbocycles. The number of hydrogen-bond donors (Lipinski definition) is 2. The molecule has 164 valence electrons.